The Hall–Kier alpha value is -1.64. The SMILES string of the molecule is C1=CC2=CCC3=C(NCN=C3)C2=N1. The zero-order valence-electron chi connectivity index (χ0n) is 7.12. The topological polar surface area (TPSA) is 36.8 Å². The van der Waals surface area contributed by atoms with Crippen molar-refractivity contribution in [1.29, 1.82) is 0 Å². The van der Waals surface area contributed by atoms with Gasteiger partial charge in [-0.25, -0.2) is 0 Å². The van der Waals surface area contributed by atoms with E-state index in [1.807, 2.05) is 18.5 Å². The summed E-state index contributed by atoms with van der Waals surface area (Å²) < 4.78 is 0. The molecule has 0 spiro atoms. The number of fused-ring (bicyclic) bond motifs is 2. The molecule has 0 aromatic carbocycles. The highest BCUT2D eigenvalue weighted by molar-refractivity contribution is 6.19. The predicted molar refractivity (Wildman–Crippen MR) is 52.8 cm³/mol. The number of rotatable bonds is 0. The van der Waals surface area contributed by atoms with Gasteiger partial charge < -0.3 is 5.32 Å². The fourth-order valence-corrected chi connectivity index (χ4v) is 1.79. The molecular formula is C10H9N3. The van der Waals surface area contributed by atoms with Gasteiger partial charge in [-0.3, -0.25) is 9.98 Å². The molecule has 0 bridgehead atoms. The average molecular weight is 171 g/mol. The van der Waals surface area contributed by atoms with Gasteiger partial charge in [0.1, 0.15) is 6.67 Å². The number of aliphatic imine (C=N–C) groups is 2. The van der Waals surface area contributed by atoms with Gasteiger partial charge in [-0.1, -0.05) is 6.08 Å². The molecule has 0 saturated heterocycles. The molecule has 0 atom stereocenters. The van der Waals surface area contributed by atoms with Crippen molar-refractivity contribution >= 4 is 11.9 Å². The largest absolute Gasteiger partial charge is 0.364 e. The van der Waals surface area contributed by atoms with Crippen molar-refractivity contribution in [2.24, 2.45) is 9.98 Å². The third-order valence-corrected chi connectivity index (χ3v) is 2.43. The second-order valence-corrected chi connectivity index (χ2v) is 3.20. The number of hydrogen-bond donors (Lipinski definition) is 1. The van der Waals surface area contributed by atoms with E-state index in [2.05, 4.69) is 21.4 Å². The van der Waals surface area contributed by atoms with E-state index < -0.39 is 0 Å². The molecule has 0 aromatic heterocycles. The average Bonchev–Trinajstić information content (AvgIpc) is 2.65. The third-order valence-electron chi connectivity index (χ3n) is 2.43. The summed E-state index contributed by atoms with van der Waals surface area (Å²) in [6.45, 7) is 0.672. The lowest BCUT2D eigenvalue weighted by Gasteiger charge is -2.21. The zero-order chi connectivity index (χ0) is 8.67. The standard InChI is InChI=1S/C10H9N3/c1-2-8-5-11-6-13-10(8)9-7(1)3-4-12-9/h1,3-5,13H,2,6H2. The van der Waals surface area contributed by atoms with Crippen molar-refractivity contribution in [2.45, 2.75) is 6.42 Å². The Labute approximate surface area is 76.3 Å². The van der Waals surface area contributed by atoms with E-state index in [1.54, 1.807) is 0 Å². The van der Waals surface area contributed by atoms with Crippen molar-refractivity contribution in [1.82, 2.24) is 5.32 Å². The molecule has 64 valence electrons. The first-order chi connectivity index (χ1) is 6.45. The Morgan fingerprint density at radius 1 is 1.38 bits per heavy atom. The molecule has 3 aliphatic rings. The van der Waals surface area contributed by atoms with Crippen LogP contribution in [0.25, 0.3) is 0 Å². The van der Waals surface area contributed by atoms with Gasteiger partial charge in [0.25, 0.3) is 0 Å². The smallest absolute Gasteiger partial charge is 0.107 e. The van der Waals surface area contributed by atoms with E-state index in [-0.39, 0.29) is 0 Å². The maximum absolute atomic E-state index is 4.33. The first-order valence-electron chi connectivity index (χ1n) is 4.37. The Balaban J connectivity index is 2.11. The van der Waals surface area contributed by atoms with Crippen molar-refractivity contribution < 1.29 is 0 Å². The summed E-state index contributed by atoms with van der Waals surface area (Å²) in [4.78, 5) is 8.50. The third kappa shape index (κ3) is 0.900. The lowest BCUT2D eigenvalue weighted by molar-refractivity contribution is 0.833. The van der Waals surface area contributed by atoms with Crippen molar-refractivity contribution in [3.05, 3.63) is 35.2 Å². The van der Waals surface area contributed by atoms with E-state index in [9.17, 15) is 0 Å². The molecule has 0 fully saturated rings. The van der Waals surface area contributed by atoms with Crippen LogP contribution in [-0.4, -0.2) is 18.6 Å². The number of hydrogen-bond acceptors (Lipinski definition) is 3. The molecule has 1 N–H and O–H groups in total. The van der Waals surface area contributed by atoms with Gasteiger partial charge in [-0.15, -0.1) is 0 Å². The van der Waals surface area contributed by atoms with Crippen LogP contribution in [0.2, 0.25) is 0 Å². The van der Waals surface area contributed by atoms with Gasteiger partial charge in [-0.2, -0.15) is 0 Å². The fraction of sp³-hybridized carbons (Fsp3) is 0.200. The minimum absolute atomic E-state index is 0.672. The molecule has 0 saturated carbocycles. The van der Waals surface area contributed by atoms with Crippen LogP contribution in [0.5, 0.6) is 0 Å². The molecule has 0 radical (unpaired) electrons. The van der Waals surface area contributed by atoms with Crippen LogP contribution >= 0.6 is 0 Å². The molecule has 0 aromatic rings. The van der Waals surface area contributed by atoms with E-state index >= 15 is 0 Å². The van der Waals surface area contributed by atoms with Crippen LogP contribution in [0.3, 0.4) is 0 Å². The normalized spacial score (nSPS) is 23.4. The van der Waals surface area contributed by atoms with Crippen LogP contribution in [0, 0.1) is 0 Å². The van der Waals surface area contributed by atoms with Gasteiger partial charge in [0, 0.05) is 18.0 Å². The molecule has 2 heterocycles. The lowest BCUT2D eigenvalue weighted by atomic mass is 9.95. The maximum Gasteiger partial charge on any atom is 0.107 e. The van der Waals surface area contributed by atoms with E-state index in [0.29, 0.717) is 6.67 Å². The van der Waals surface area contributed by atoms with Crippen LogP contribution in [0.15, 0.2) is 45.2 Å². The molecule has 0 unspecified atom stereocenters. The quantitative estimate of drug-likeness (QED) is 0.583. The van der Waals surface area contributed by atoms with Crippen molar-refractivity contribution in [3.8, 4) is 0 Å². The lowest BCUT2D eigenvalue weighted by Crippen LogP contribution is -2.28. The van der Waals surface area contributed by atoms with E-state index in [0.717, 1.165) is 17.8 Å². The van der Waals surface area contributed by atoms with Gasteiger partial charge >= 0.3 is 0 Å². The summed E-state index contributed by atoms with van der Waals surface area (Å²) >= 11 is 0. The van der Waals surface area contributed by atoms with Gasteiger partial charge in [0.15, 0.2) is 0 Å². The van der Waals surface area contributed by atoms with Crippen molar-refractivity contribution in [3.63, 3.8) is 0 Å². The number of nitrogens with zero attached hydrogens (tertiary/aromatic N) is 2. The first-order valence-corrected chi connectivity index (χ1v) is 4.37. The zero-order valence-corrected chi connectivity index (χ0v) is 7.12. The van der Waals surface area contributed by atoms with Crippen LogP contribution in [0.1, 0.15) is 6.42 Å². The summed E-state index contributed by atoms with van der Waals surface area (Å²) in [5.74, 6) is 0. The second-order valence-electron chi connectivity index (χ2n) is 3.20. The Bertz CT molecular complexity index is 408. The molecule has 1 aliphatic carbocycles. The Morgan fingerprint density at radius 3 is 3.38 bits per heavy atom. The van der Waals surface area contributed by atoms with Crippen LogP contribution in [-0.2, 0) is 0 Å². The summed E-state index contributed by atoms with van der Waals surface area (Å²) in [6.07, 6.45) is 9.00. The summed E-state index contributed by atoms with van der Waals surface area (Å²) in [5, 5.41) is 3.26. The second kappa shape index (κ2) is 2.42. The monoisotopic (exact) mass is 171 g/mol. The minimum Gasteiger partial charge on any atom is -0.364 e. The molecule has 2 aliphatic heterocycles. The minimum atomic E-state index is 0.672. The molecule has 0 amide bonds. The summed E-state index contributed by atoms with van der Waals surface area (Å²) in [7, 11) is 0. The van der Waals surface area contributed by atoms with Gasteiger partial charge in [0.05, 0.1) is 11.4 Å². The molecule has 3 rings (SSSR count). The highest BCUT2D eigenvalue weighted by atomic mass is 15.0. The Kier molecular flexibility index (Phi) is 1.27. The van der Waals surface area contributed by atoms with Gasteiger partial charge in [-0.05, 0) is 18.1 Å². The highest BCUT2D eigenvalue weighted by Gasteiger charge is 2.22. The highest BCUT2D eigenvalue weighted by Crippen LogP contribution is 2.25. The van der Waals surface area contributed by atoms with E-state index in [1.165, 1.54) is 11.1 Å². The van der Waals surface area contributed by atoms with Crippen LogP contribution in [0.4, 0.5) is 0 Å². The van der Waals surface area contributed by atoms with E-state index in [4.69, 9.17) is 0 Å². The number of allylic oxidation sites excluding steroid dienone is 4. The first kappa shape index (κ1) is 6.83. The number of nitrogens with one attached hydrogen (secondary N) is 1. The predicted octanol–water partition coefficient (Wildman–Crippen LogP) is 1.17. The van der Waals surface area contributed by atoms with Crippen molar-refractivity contribution in [2.75, 3.05) is 6.67 Å². The summed E-state index contributed by atoms with van der Waals surface area (Å²) in [5.41, 5.74) is 4.73. The molecule has 13 heavy (non-hydrogen) atoms. The maximum atomic E-state index is 4.33. The fourth-order valence-electron chi connectivity index (χ4n) is 1.79. The molecule has 3 heteroatoms. The summed E-state index contributed by atoms with van der Waals surface area (Å²) in [6, 6.07) is 0. The molecular weight excluding hydrogens is 162 g/mol. The van der Waals surface area contributed by atoms with Crippen LogP contribution < -0.4 is 5.32 Å². The molecule has 3 nitrogen and oxygen atoms in total. The van der Waals surface area contributed by atoms with Gasteiger partial charge in [0.2, 0.25) is 0 Å². The Morgan fingerprint density at radius 2 is 2.38 bits per heavy atom.